The van der Waals surface area contributed by atoms with E-state index in [1.165, 1.54) is 16.7 Å². The topological polar surface area (TPSA) is 15.3 Å². The van der Waals surface area contributed by atoms with Crippen LogP contribution < -0.4 is 5.32 Å². The molecule has 1 aliphatic rings. The Balaban J connectivity index is 2.16. The average molecular weight is 260 g/mol. The van der Waals surface area contributed by atoms with E-state index in [1.54, 1.807) is 0 Å². The van der Waals surface area contributed by atoms with E-state index in [9.17, 15) is 0 Å². The van der Waals surface area contributed by atoms with Gasteiger partial charge in [0, 0.05) is 31.7 Å². The molecule has 0 aromatic heterocycles. The quantitative estimate of drug-likeness (QED) is 0.898. The fraction of sp³-hybridized carbons (Fsp3) is 0.647. The van der Waals surface area contributed by atoms with Crippen molar-refractivity contribution in [3.05, 3.63) is 34.9 Å². The molecule has 1 aliphatic heterocycles. The summed E-state index contributed by atoms with van der Waals surface area (Å²) in [4.78, 5) is 2.66. The number of piperazine rings is 1. The first-order chi connectivity index (χ1) is 8.97. The SMILES string of the molecule is Cc1ccc(C)c(CN2CC(C)NCC2C(C)C)c1. The zero-order chi connectivity index (χ0) is 14.0. The molecule has 2 nitrogen and oxygen atoms in total. The minimum absolute atomic E-state index is 0.597. The minimum atomic E-state index is 0.597. The van der Waals surface area contributed by atoms with E-state index in [2.05, 4.69) is 63.0 Å². The Morgan fingerprint density at radius 2 is 2.05 bits per heavy atom. The molecule has 0 saturated carbocycles. The number of benzene rings is 1. The van der Waals surface area contributed by atoms with Gasteiger partial charge in [-0.25, -0.2) is 0 Å². The summed E-state index contributed by atoms with van der Waals surface area (Å²) >= 11 is 0. The Kier molecular flexibility index (Phi) is 4.64. The summed E-state index contributed by atoms with van der Waals surface area (Å²) < 4.78 is 0. The molecule has 1 fully saturated rings. The number of nitrogens with zero attached hydrogens (tertiary/aromatic N) is 1. The standard InChI is InChI=1S/C17H28N2/c1-12(2)17-9-18-15(5)10-19(17)11-16-8-13(3)6-7-14(16)4/h6-8,12,15,17-18H,9-11H2,1-5H3. The van der Waals surface area contributed by atoms with E-state index in [0.717, 1.165) is 19.6 Å². The first-order valence-electron chi connectivity index (χ1n) is 7.51. The first-order valence-corrected chi connectivity index (χ1v) is 7.51. The van der Waals surface area contributed by atoms with Crippen molar-refractivity contribution >= 4 is 0 Å². The van der Waals surface area contributed by atoms with E-state index in [-0.39, 0.29) is 0 Å². The molecule has 2 unspecified atom stereocenters. The van der Waals surface area contributed by atoms with Crippen molar-refractivity contribution < 1.29 is 0 Å². The van der Waals surface area contributed by atoms with Crippen LogP contribution in [0.1, 0.15) is 37.5 Å². The molecule has 19 heavy (non-hydrogen) atoms. The van der Waals surface area contributed by atoms with Crippen LogP contribution in [0.15, 0.2) is 18.2 Å². The molecule has 106 valence electrons. The van der Waals surface area contributed by atoms with Gasteiger partial charge < -0.3 is 5.32 Å². The fourth-order valence-electron chi connectivity index (χ4n) is 3.03. The number of rotatable bonds is 3. The highest BCUT2D eigenvalue weighted by Crippen LogP contribution is 2.20. The second-order valence-electron chi connectivity index (χ2n) is 6.48. The molecule has 0 amide bonds. The van der Waals surface area contributed by atoms with Gasteiger partial charge in [0.1, 0.15) is 0 Å². The van der Waals surface area contributed by atoms with Gasteiger partial charge in [-0.15, -0.1) is 0 Å². The summed E-state index contributed by atoms with van der Waals surface area (Å²) in [6.45, 7) is 14.7. The molecule has 0 radical (unpaired) electrons. The summed E-state index contributed by atoms with van der Waals surface area (Å²) in [5.74, 6) is 0.699. The summed E-state index contributed by atoms with van der Waals surface area (Å²) in [7, 11) is 0. The van der Waals surface area contributed by atoms with Gasteiger partial charge >= 0.3 is 0 Å². The maximum Gasteiger partial charge on any atom is 0.0247 e. The van der Waals surface area contributed by atoms with E-state index < -0.39 is 0 Å². The van der Waals surface area contributed by atoms with Crippen molar-refractivity contribution in [1.82, 2.24) is 10.2 Å². The molecular weight excluding hydrogens is 232 g/mol. The highest BCUT2D eigenvalue weighted by atomic mass is 15.2. The third-order valence-electron chi connectivity index (χ3n) is 4.30. The van der Waals surface area contributed by atoms with Gasteiger partial charge in [0.05, 0.1) is 0 Å². The number of hydrogen-bond donors (Lipinski definition) is 1. The van der Waals surface area contributed by atoms with Crippen LogP contribution in [0.25, 0.3) is 0 Å². The van der Waals surface area contributed by atoms with Gasteiger partial charge in [-0.2, -0.15) is 0 Å². The summed E-state index contributed by atoms with van der Waals surface area (Å²) in [6, 6.07) is 8.05. The van der Waals surface area contributed by atoms with Crippen molar-refractivity contribution in [3.8, 4) is 0 Å². The Labute approximate surface area is 118 Å². The molecule has 0 bridgehead atoms. The van der Waals surface area contributed by atoms with Crippen LogP contribution in [0.3, 0.4) is 0 Å². The molecule has 2 rings (SSSR count). The average Bonchev–Trinajstić information content (AvgIpc) is 2.33. The van der Waals surface area contributed by atoms with Crippen LogP contribution in [0.5, 0.6) is 0 Å². The van der Waals surface area contributed by atoms with Gasteiger partial charge in [0.25, 0.3) is 0 Å². The Bertz CT molecular complexity index is 425. The van der Waals surface area contributed by atoms with Crippen LogP contribution in [-0.4, -0.2) is 30.1 Å². The minimum Gasteiger partial charge on any atom is -0.311 e. The zero-order valence-electron chi connectivity index (χ0n) is 13.0. The molecule has 1 aromatic rings. The van der Waals surface area contributed by atoms with Crippen LogP contribution in [0.2, 0.25) is 0 Å². The van der Waals surface area contributed by atoms with Crippen molar-refractivity contribution in [1.29, 1.82) is 0 Å². The Morgan fingerprint density at radius 3 is 2.74 bits per heavy atom. The lowest BCUT2D eigenvalue weighted by Crippen LogP contribution is -2.56. The van der Waals surface area contributed by atoms with Gasteiger partial charge in [-0.05, 0) is 37.8 Å². The van der Waals surface area contributed by atoms with Gasteiger partial charge in [0.2, 0.25) is 0 Å². The summed E-state index contributed by atoms with van der Waals surface area (Å²) in [6.07, 6.45) is 0. The van der Waals surface area contributed by atoms with Crippen molar-refractivity contribution in [2.45, 2.75) is 53.2 Å². The molecule has 1 heterocycles. The third kappa shape index (κ3) is 3.58. The highest BCUT2D eigenvalue weighted by Gasteiger charge is 2.28. The van der Waals surface area contributed by atoms with E-state index in [0.29, 0.717) is 18.0 Å². The van der Waals surface area contributed by atoms with Crippen LogP contribution in [0, 0.1) is 19.8 Å². The van der Waals surface area contributed by atoms with Gasteiger partial charge in [-0.3, -0.25) is 4.90 Å². The van der Waals surface area contributed by atoms with E-state index in [4.69, 9.17) is 0 Å². The first kappa shape index (κ1) is 14.5. The zero-order valence-corrected chi connectivity index (χ0v) is 13.0. The van der Waals surface area contributed by atoms with Crippen molar-refractivity contribution in [3.63, 3.8) is 0 Å². The van der Waals surface area contributed by atoms with E-state index in [1.807, 2.05) is 0 Å². The molecule has 0 aliphatic carbocycles. The monoisotopic (exact) mass is 260 g/mol. The van der Waals surface area contributed by atoms with E-state index >= 15 is 0 Å². The number of hydrogen-bond acceptors (Lipinski definition) is 2. The van der Waals surface area contributed by atoms with Crippen molar-refractivity contribution in [2.75, 3.05) is 13.1 Å². The second kappa shape index (κ2) is 6.06. The van der Waals surface area contributed by atoms with Gasteiger partial charge in [-0.1, -0.05) is 37.6 Å². The molecule has 2 heteroatoms. The van der Waals surface area contributed by atoms with Crippen molar-refractivity contribution in [2.24, 2.45) is 5.92 Å². The molecule has 0 spiro atoms. The number of aryl methyl sites for hydroxylation is 2. The second-order valence-corrected chi connectivity index (χ2v) is 6.48. The smallest absolute Gasteiger partial charge is 0.0247 e. The number of nitrogens with one attached hydrogen (secondary N) is 1. The fourth-order valence-corrected chi connectivity index (χ4v) is 3.03. The lowest BCUT2D eigenvalue weighted by atomic mass is 9.97. The Morgan fingerprint density at radius 1 is 1.32 bits per heavy atom. The predicted octanol–water partition coefficient (Wildman–Crippen LogP) is 3.12. The van der Waals surface area contributed by atoms with Crippen LogP contribution in [-0.2, 0) is 6.54 Å². The predicted molar refractivity (Wildman–Crippen MR) is 82.4 cm³/mol. The normalized spacial score (nSPS) is 24.9. The summed E-state index contributed by atoms with van der Waals surface area (Å²) in [5, 5.41) is 3.61. The maximum absolute atomic E-state index is 3.61. The third-order valence-corrected chi connectivity index (χ3v) is 4.30. The molecule has 1 N–H and O–H groups in total. The lowest BCUT2D eigenvalue weighted by Gasteiger charge is -2.41. The largest absolute Gasteiger partial charge is 0.311 e. The molecule has 2 atom stereocenters. The van der Waals surface area contributed by atoms with Crippen LogP contribution in [0.4, 0.5) is 0 Å². The molecular formula is C17H28N2. The molecule has 1 aromatic carbocycles. The van der Waals surface area contributed by atoms with Crippen LogP contribution >= 0.6 is 0 Å². The summed E-state index contributed by atoms with van der Waals surface area (Å²) in [5.41, 5.74) is 4.27. The highest BCUT2D eigenvalue weighted by molar-refractivity contribution is 5.30. The Hall–Kier alpha value is -0.860. The molecule has 1 saturated heterocycles. The van der Waals surface area contributed by atoms with Gasteiger partial charge in [0.15, 0.2) is 0 Å². The lowest BCUT2D eigenvalue weighted by molar-refractivity contribution is 0.0954. The maximum atomic E-state index is 3.61.